The third kappa shape index (κ3) is 10.1. The van der Waals surface area contributed by atoms with Crippen molar-refractivity contribution in [3.8, 4) is 0 Å². The van der Waals surface area contributed by atoms with Crippen LogP contribution >= 0.6 is 0 Å². The van der Waals surface area contributed by atoms with Crippen LogP contribution in [-0.2, 0) is 19.9 Å². The van der Waals surface area contributed by atoms with Crippen LogP contribution in [0, 0.1) is 0 Å². The van der Waals surface area contributed by atoms with Gasteiger partial charge in [0, 0.05) is 19.4 Å². The first-order chi connectivity index (χ1) is 6.77. The molecule has 0 aliphatic heterocycles. The van der Waals surface area contributed by atoms with Crippen molar-refractivity contribution in [1.82, 2.24) is 4.72 Å². The van der Waals surface area contributed by atoms with E-state index in [-0.39, 0.29) is 31.1 Å². The maximum Gasteiger partial charge on any atom is 0.211 e. The molecule has 0 radical (unpaired) electrons. The maximum atomic E-state index is 11.2. The molecule has 8 heteroatoms. The normalized spacial score (nSPS) is 12.9. The molecule has 0 aromatic carbocycles. The summed E-state index contributed by atoms with van der Waals surface area (Å²) in [6, 6.07) is 0. The van der Waals surface area contributed by atoms with E-state index in [0.29, 0.717) is 6.42 Å². The van der Waals surface area contributed by atoms with Crippen molar-refractivity contribution in [2.75, 3.05) is 30.9 Å². The first-order valence-corrected chi connectivity index (χ1v) is 8.24. The largest absolute Gasteiger partial charge is 0.396 e. The molecule has 0 fully saturated rings. The lowest BCUT2D eigenvalue weighted by molar-refractivity contribution is 0.289. The molecule has 0 unspecified atom stereocenters. The summed E-state index contributed by atoms with van der Waals surface area (Å²) in [5.41, 5.74) is 0. The van der Waals surface area contributed by atoms with E-state index in [1.807, 2.05) is 0 Å². The van der Waals surface area contributed by atoms with Gasteiger partial charge in [-0.3, -0.25) is 0 Å². The monoisotopic (exact) mass is 259 g/mol. The van der Waals surface area contributed by atoms with E-state index in [9.17, 15) is 16.8 Å². The summed E-state index contributed by atoms with van der Waals surface area (Å²) in [6.45, 7) is 0.101. The molecule has 0 heterocycles. The molecule has 0 rings (SSSR count). The molecule has 0 aromatic rings. The van der Waals surface area contributed by atoms with Crippen molar-refractivity contribution in [3.05, 3.63) is 0 Å². The number of aliphatic hydroxyl groups is 1. The summed E-state index contributed by atoms with van der Waals surface area (Å²) in [4.78, 5) is 0. The summed E-state index contributed by atoms with van der Waals surface area (Å²) >= 11 is 0. The summed E-state index contributed by atoms with van der Waals surface area (Å²) in [5, 5.41) is 8.43. The fourth-order valence-electron chi connectivity index (χ4n) is 0.890. The molecule has 2 N–H and O–H groups in total. The first kappa shape index (κ1) is 14.8. The third-order valence-electron chi connectivity index (χ3n) is 1.59. The van der Waals surface area contributed by atoms with Gasteiger partial charge in [-0.1, -0.05) is 0 Å². The van der Waals surface area contributed by atoms with Gasteiger partial charge in [-0.05, 0) is 12.8 Å². The molecular weight excluding hydrogens is 242 g/mol. The second kappa shape index (κ2) is 6.41. The van der Waals surface area contributed by atoms with Gasteiger partial charge in [-0.15, -0.1) is 0 Å². The van der Waals surface area contributed by atoms with E-state index in [4.69, 9.17) is 5.11 Å². The van der Waals surface area contributed by atoms with Crippen molar-refractivity contribution in [2.45, 2.75) is 12.8 Å². The van der Waals surface area contributed by atoms with E-state index >= 15 is 0 Å². The van der Waals surface area contributed by atoms with Gasteiger partial charge in [0.15, 0.2) is 0 Å². The van der Waals surface area contributed by atoms with E-state index in [0.717, 1.165) is 6.26 Å². The molecular formula is C7H17NO5S2. The molecule has 6 nitrogen and oxygen atoms in total. The van der Waals surface area contributed by atoms with Crippen LogP contribution in [0.3, 0.4) is 0 Å². The fourth-order valence-corrected chi connectivity index (χ4v) is 2.87. The van der Waals surface area contributed by atoms with Crippen molar-refractivity contribution in [1.29, 1.82) is 0 Å². The Morgan fingerprint density at radius 3 is 2.13 bits per heavy atom. The SMILES string of the molecule is CS(=O)(=O)CCCS(=O)(=O)NCCCO. The molecule has 0 aliphatic rings. The highest BCUT2D eigenvalue weighted by Crippen LogP contribution is 1.94. The molecule has 92 valence electrons. The molecule has 0 aliphatic carbocycles. The highest BCUT2D eigenvalue weighted by atomic mass is 32.2. The molecule has 0 bridgehead atoms. The Hall–Kier alpha value is -0.180. The molecule has 0 saturated carbocycles. The van der Waals surface area contributed by atoms with Crippen LogP contribution in [0.2, 0.25) is 0 Å². The van der Waals surface area contributed by atoms with Crippen molar-refractivity contribution in [2.24, 2.45) is 0 Å². The van der Waals surface area contributed by atoms with Crippen LogP contribution in [0.1, 0.15) is 12.8 Å². The van der Waals surface area contributed by atoms with Crippen molar-refractivity contribution >= 4 is 19.9 Å². The zero-order chi connectivity index (χ0) is 11.9. The van der Waals surface area contributed by atoms with Crippen molar-refractivity contribution < 1.29 is 21.9 Å². The highest BCUT2D eigenvalue weighted by molar-refractivity contribution is 7.91. The minimum atomic E-state index is -3.40. The molecule has 0 spiro atoms. The Morgan fingerprint density at radius 1 is 1.07 bits per heavy atom. The quantitative estimate of drug-likeness (QED) is 0.529. The highest BCUT2D eigenvalue weighted by Gasteiger charge is 2.11. The molecule has 0 saturated heterocycles. The lowest BCUT2D eigenvalue weighted by Gasteiger charge is -2.04. The Bertz CT molecular complexity index is 359. The number of nitrogens with one attached hydrogen (secondary N) is 1. The van der Waals surface area contributed by atoms with Gasteiger partial charge >= 0.3 is 0 Å². The van der Waals surface area contributed by atoms with Gasteiger partial charge in [0.1, 0.15) is 9.84 Å². The van der Waals surface area contributed by atoms with Crippen LogP contribution in [0.15, 0.2) is 0 Å². The molecule has 0 amide bonds. The standard InChI is InChI=1S/C7H17NO5S2/c1-14(10,11)6-3-7-15(12,13)8-4-2-5-9/h8-9H,2-7H2,1H3. The summed E-state index contributed by atoms with van der Waals surface area (Å²) in [7, 11) is -6.51. The maximum absolute atomic E-state index is 11.2. The smallest absolute Gasteiger partial charge is 0.211 e. The first-order valence-electron chi connectivity index (χ1n) is 4.53. The summed E-state index contributed by atoms with van der Waals surface area (Å²) in [6.07, 6.45) is 1.51. The van der Waals surface area contributed by atoms with Crippen LogP contribution in [0.5, 0.6) is 0 Å². The zero-order valence-electron chi connectivity index (χ0n) is 8.64. The van der Waals surface area contributed by atoms with Gasteiger partial charge in [0.25, 0.3) is 0 Å². The van der Waals surface area contributed by atoms with Gasteiger partial charge in [0.05, 0.1) is 11.5 Å². The Morgan fingerprint density at radius 2 is 1.67 bits per heavy atom. The van der Waals surface area contributed by atoms with Gasteiger partial charge in [0.2, 0.25) is 10.0 Å². The minimum absolute atomic E-state index is 0.0775. The minimum Gasteiger partial charge on any atom is -0.396 e. The van der Waals surface area contributed by atoms with E-state index in [1.54, 1.807) is 0 Å². The number of sulfonamides is 1. The lowest BCUT2D eigenvalue weighted by Crippen LogP contribution is -2.28. The third-order valence-corrected chi connectivity index (χ3v) is 4.09. The summed E-state index contributed by atoms with van der Waals surface area (Å²) in [5.74, 6) is -0.334. The van der Waals surface area contributed by atoms with Crippen LogP contribution in [0.25, 0.3) is 0 Å². The van der Waals surface area contributed by atoms with Gasteiger partial charge < -0.3 is 5.11 Å². The lowest BCUT2D eigenvalue weighted by atomic mass is 10.5. The van der Waals surface area contributed by atoms with Crippen LogP contribution in [-0.4, -0.2) is 52.9 Å². The Balaban J connectivity index is 3.85. The number of hydrogen-bond donors (Lipinski definition) is 2. The van der Waals surface area contributed by atoms with Crippen LogP contribution < -0.4 is 4.72 Å². The second-order valence-corrected chi connectivity index (χ2v) is 7.46. The van der Waals surface area contributed by atoms with E-state index in [2.05, 4.69) is 4.72 Å². The predicted octanol–water partition coefficient (Wildman–Crippen LogP) is -1.28. The van der Waals surface area contributed by atoms with Crippen LogP contribution in [0.4, 0.5) is 0 Å². The Labute approximate surface area is 90.7 Å². The second-order valence-electron chi connectivity index (χ2n) is 3.27. The predicted molar refractivity (Wildman–Crippen MR) is 57.8 cm³/mol. The molecule has 15 heavy (non-hydrogen) atoms. The average molecular weight is 259 g/mol. The topological polar surface area (TPSA) is 101 Å². The van der Waals surface area contributed by atoms with Gasteiger partial charge in [-0.2, -0.15) is 0 Å². The summed E-state index contributed by atoms with van der Waals surface area (Å²) < 4.78 is 46.1. The van der Waals surface area contributed by atoms with Crippen molar-refractivity contribution in [3.63, 3.8) is 0 Å². The van der Waals surface area contributed by atoms with E-state index in [1.165, 1.54) is 0 Å². The van der Waals surface area contributed by atoms with E-state index < -0.39 is 19.9 Å². The molecule has 0 aromatic heterocycles. The molecule has 0 atom stereocenters. The number of hydrogen-bond acceptors (Lipinski definition) is 5. The number of rotatable bonds is 8. The average Bonchev–Trinajstić information content (AvgIpc) is 2.01. The Kier molecular flexibility index (Phi) is 6.34. The number of aliphatic hydroxyl groups excluding tert-OH is 1. The van der Waals surface area contributed by atoms with Gasteiger partial charge in [-0.25, -0.2) is 21.6 Å². The number of sulfone groups is 1. The zero-order valence-corrected chi connectivity index (χ0v) is 10.3. The fraction of sp³-hybridized carbons (Fsp3) is 1.00.